The van der Waals surface area contributed by atoms with Crippen molar-refractivity contribution in [2.75, 3.05) is 24.7 Å². The minimum absolute atomic E-state index is 0.0198. The number of thiol groups is 1. The molecular weight excluding hydrogens is 813 g/mol. The van der Waals surface area contributed by atoms with Gasteiger partial charge in [0.15, 0.2) is 0 Å². The first-order valence-electron chi connectivity index (χ1n) is 23.2. The highest BCUT2D eigenvalue weighted by atomic mass is 32.2. The van der Waals surface area contributed by atoms with E-state index in [1.54, 1.807) is 25.4 Å². The minimum atomic E-state index is -0.211. The van der Waals surface area contributed by atoms with E-state index in [9.17, 15) is 9.59 Å². The number of imidazole rings is 1. The summed E-state index contributed by atoms with van der Waals surface area (Å²) in [5.74, 6) is 3.87. The monoisotopic (exact) mass is 909 g/mol. The Morgan fingerprint density at radius 1 is 0.839 bits per heavy atom. The van der Waals surface area contributed by atoms with Crippen LogP contribution in [-0.2, 0) is 24.1 Å². The molecule has 2 fully saturated rings. The molecule has 3 aromatic rings. The Morgan fingerprint density at radius 2 is 1.34 bits per heavy atom. The lowest BCUT2D eigenvalue weighted by molar-refractivity contribution is -0.118. The summed E-state index contributed by atoms with van der Waals surface area (Å²) in [4.78, 5) is 27.6. The zero-order valence-corrected chi connectivity index (χ0v) is 43.5. The quantitative estimate of drug-likeness (QED) is 0.0736. The van der Waals surface area contributed by atoms with Crippen LogP contribution in [0.5, 0.6) is 5.75 Å². The summed E-state index contributed by atoms with van der Waals surface area (Å²) in [6.07, 6.45) is 14.2. The van der Waals surface area contributed by atoms with Crippen molar-refractivity contribution < 1.29 is 19.8 Å². The fourth-order valence-electron chi connectivity index (χ4n) is 4.30. The van der Waals surface area contributed by atoms with Gasteiger partial charge in [-0.05, 0) is 92.8 Å². The second kappa shape index (κ2) is 52.2. The molecule has 9 N–H and O–H groups in total. The molecule has 0 saturated carbocycles. The molecule has 3 unspecified atom stereocenters. The first-order valence-corrected chi connectivity index (χ1v) is 24.9. The number of aromatic hydroxyl groups is 1. The average molecular weight is 909 g/mol. The average Bonchev–Trinajstić information content (AvgIpc) is 4.00. The fourth-order valence-corrected chi connectivity index (χ4v) is 5.91. The maximum absolute atomic E-state index is 11.0. The maximum atomic E-state index is 11.0. The Balaban J connectivity index is -0.000000200. The number of amides is 3. The number of aliphatic hydroxyl groups is 1. The number of fused-ring (bicyclic) bond motifs is 1. The summed E-state index contributed by atoms with van der Waals surface area (Å²) in [5.41, 5.74) is 13.8. The number of carbonyl (C=O) groups is 2. The lowest BCUT2D eigenvalue weighted by atomic mass is 10.1. The highest BCUT2D eigenvalue weighted by Crippen LogP contribution is 2.32. The standard InChI is InChI=1S/C8H14N2OS.C8H10O.C8H10.C5H8N2.C5H12.C4H9NO.C4H11N.C4H10.C2H6O.C2H6S/c1-2-3-6-7-5(4-12-6)9-8(11)10-7;1-2-7-3-5-8(9)6-4-7;1-2-8-6-4-3-5-7-8;1-2-5-3-6-4-7-5;1-4-5(2)3;1-2-3-4(5)6;1-2-3-4-5;1-4(2)3;2*1-2-3/h5-7H,2-4H2,1H3,(H2,9,10,11);3-6,9H,2H2,1H3;3-7H,2H2,1H3;3-4H,2H2,1H3,(H,6,7);5H,4H2,1-3H3;2-3H2,1H3,(H2,5,6);2-5H2,1H3;4H,1-3H3;2*3H,2H2,1H3. The van der Waals surface area contributed by atoms with Gasteiger partial charge in [0.25, 0.3) is 0 Å². The number of thioether (sulfide) groups is 1. The molecule has 3 atom stereocenters. The molecule has 0 radical (unpaired) electrons. The number of nitrogens with zero attached hydrogens (tertiary/aromatic N) is 1. The van der Waals surface area contributed by atoms with E-state index in [1.165, 1.54) is 48.9 Å². The van der Waals surface area contributed by atoms with E-state index in [1.807, 2.05) is 50.0 Å². The van der Waals surface area contributed by atoms with Crippen LogP contribution < -0.4 is 22.1 Å². The number of aliphatic hydroxyl groups excluding tert-OH is 1. The molecule has 62 heavy (non-hydrogen) atoms. The van der Waals surface area contributed by atoms with Gasteiger partial charge in [-0.2, -0.15) is 24.4 Å². The third-order valence-corrected chi connectivity index (χ3v) is 9.42. The number of primary amides is 1. The first-order chi connectivity index (χ1) is 29.5. The number of unbranched alkanes of at least 4 members (excludes halogenated alkanes) is 1. The molecule has 2 aromatic carbocycles. The molecule has 0 aliphatic carbocycles. The number of hydrogen-bond acceptors (Lipinski definition) is 8. The molecule has 5 rings (SSSR count). The van der Waals surface area contributed by atoms with Crippen LogP contribution in [0.25, 0.3) is 0 Å². The summed E-state index contributed by atoms with van der Waals surface area (Å²) < 4.78 is 0. The fraction of sp³-hybridized carbons (Fsp3) is 0.660. The van der Waals surface area contributed by atoms with Gasteiger partial charge in [-0.3, -0.25) is 4.79 Å². The molecule has 3 heterocycles. The molecule has 3 amide bonds. The predicted octanol–water partition coefficient (Wildman–Crippen LogP) is 11.8. The van der Waals surface area contributed by atoms with Crippen molar-refractivity contribution in [3.05, 3.63) is 83.9 Å². The number of nitrogens with two attached hydrogens (primary N) is 2. The normalized spacial score (nSPS) is 14.6. The topological polar surface area (TPSA) is 179 Å². The van der Waals surface area contributed by atoms with Gasteiger partial charge in [0.05, 0.1) is 18.4 Å². The van der Waals surface area contributed by atoms with Gasteiger partial charge in [0, 0.05) is 35.9 Å². The van der Waals surface area contributed by atoms with Crippen LogP contribution in [0.3, 0.4) is 0 Å². The molecule has 10 nitrogen and oxygen atoms in total. The van der Waals surface area contributed by atoms with Crippen molar-refractivity contribution in [1.82, 2.24) is 20.6 Å². The van der Waals surface area contributed by atoms with E-state index in [4.69, 9.17) is 21.7 Å². The second-order valence-corrected chi connectivity index (χ2v) is 17.1. The zero-order valence-electron chi connectivity index (χ0n) is 41.8. The van der Waals surface area contributed by atoms with Crippen molar-refractivity contribution in [2.45, 2.75) is 178 Å². The number of carbonyl (C=O) groups excluding carboxylic acids is 2. The number of phenols is 1. The Hall–Kier alpha value is -3.19. The van der Waals surface area contributed by atoms with Gasteiger partial charge < -0.3 is 37.3 Å². The molecule has 2 saturated heterocycles. The Bertz CT molecular complexity index is 1290. The Labute approximate surface area is 391 Å². The van der Waals surface area contributed by atoms with Gasteiger partial charge in [-0.25, -0.2) is 9.78 Å². The molecule has 1 aromatic heterocycles. The lowest BCUT2D eigenvalue weighted by Gasteiger charge is -2.15. The summed E-state index contributed by atoms with van der Waals surface area (Å²) in [5, 5.41) is 23.0. The number of H-pyrrole nitrogens is 1. The van der Waals surface area contributed by atoms with Crippen molar-refractivity contribution >= 4 is 36.3 Å². The highest BCUT2D eigenvalue weighted by molar-refractivity contribution is 8.00. The van der Waals surface area contributed by atoms with Gasteiger partial charge in [0.1, 0.15) is 5.75 Å². The van der Waals surface area contributed by atoms with Crippen LogP contribution in [0.15, 0.2) is 67.1 Å². The zero-order chi connectivity index (χ0) is 48.6. The number of urea groups is 1. The van der Waals surface area contributed by atoms with Crippen molar-refractivity contribution in [1.29, 1.82) is 0 Å². The third-order valence-electron chi connectivity index (χ3n) is 7.91. The summed E-state index contributed by atoms with van der Waals surface area (Å²) in [6.45, 7) is 30.5. The van der Waals surface area contributed by atoms with E-state index in [0.29, 0.717) is 29.5 Å². The number of phenolic OH excluding ortho intramolecular Hbond substituents is 1. The highest BCUT2D eigenvalue weighted by Gasteiger charge is 2.42. The lowest BCUT2D eigenvalue weighted by Crippen LogP contribution is -2.36. The van der Waals surface area contributed by atoms with Gasteiger partial charge in [0.2, 0.25) is 5.91 Å². The summed E-state index contributed by atoms with van der Waals surface area (Å²) >= 11 is 5.77. The van der Waals surface area contributed by atoms with Gasteiger partial charge in [-0.15, -0.1) is 0 Å². The molecule has 0 spiro atoms. The SMILES string of the molecule is CC(C)C.CCC(C)C.CCCC(N)=O.CCCC1SCC2NC(=O)NC21.CCCCN.CCO.CCS.CCc1ccc(O)cc1.CCc1ccccc1.CCc1cnc[nH]1. The smallest absolute Gasteiger partial charge is 0.315 e. The van der Waals surface area contributed by atoms with Crippen LogP contribution >= 0.6 is 24.4 Å². The van der Waals surface area contributed by atoms with E-state index < -0.39 is 0 Å². The van der Waals surface area contributed by atoms with E-state index in [-0.39, 0.29) is 18.5 Å². The van der Waals surface area contributed by atoms with Gasteiger partial charge >= 0.3 is 6.03 Å². The van der Waals surface area contributed by atoms with E-state index in [0.717, 1.165) is 55.6 Å². The number of aryl methyl sites for hydroxylation is 3. The minimum Gasteiger partial charge on any atom is -0.508 e. The van der Waals surface area contributed by atoms with Crippen molar-refractivity contribution in [3.63, 3.8) is 0 Å². The number of aromatic amines is 1. The van der Waals surface area contributed by atoms with Crippen molar-refractivity contribution in [3.8, 4) is 5.75 Å². The van der Waals surface area contributed by atoms with E-state index >= 15 is 0 Å². The van der Waals surface area contributed by atoms with Crippen LogP contribution in [0.2, 0.25) is 0 Å². The molecule has 2 aliphatic rings. The Morgan fingerprint density at radius 3 is 1.63 bits per heavy atom. The van der Waals surface area contributed by atoms with Crippen LogP contribution in [0.4, 0.5) is 4.79 Å². The van der Waals surface area contributed by atoms with Crippen LogP contribution in [0.1, 0.15) is 159 Å². The predicted molar refractivity (Wildman–Crippen MR) is 278 cm³/mol. The number of aromatic nitrogens is 2. The molecule has 2 aliphatic heterocycles. The number of benzene rings is 2. The first kappa shape index (κ1) is 67.9. The van der Waals surface area contributed by atoms with E-state index in [2.05, 4.69) is 134 Å². The largest absolute Gasteiger partial charge is 0.508 e. The van der Waals surface area contributed by atoms with Gasteiger partial charge in [-0.1, -0.05) is 152 Å². The van der Waals surface area contributed by atoms with Crippen molar-refractivity contribution in [2.24, 2.45) is 23.3 Å². The second-order valence-electron chi connectivity index (χ2n) is 15.2. The number of hydrogen-bond donors (Lipinski definition) is 8. The summed E-state index contributed by atoms with van der Waals surface area (Å²) in [7, 11) is 0. The van der Waals surface area contributed by atoms with Crippen LogP contribution in [-0.4, -0.2) is 74.1 Å². The summed E-state index contributed by atoms with van der Waals surface area (Å²) in [6, 6.07) is 18.5. The van der Waals surface area contributed by atoms with Crippen LogP contribution in [0, 0.1) is 11.8 Å². The number of rotatable bonds is 10. The molecular formula is C50H96N6O4S2. The Kier molecular flexibility index (Phi) is 57.1. The molecule has 0 bridgehead atoms. The third kappa shape index (κ3) is 51.2. The molecule has 12 heteroatoms. The molecule has 362 valence electrons. The number of nitrogens with one attached hydrogen (secondary N) is 3. The maximum Gasteiger partial charge on any atom is 0.315 e.